The number of aryl methyl sites for hydroxylation is 3. The number of rotatable bonds is 6. The molecule has 1 aliphatic carbocycles. The Balaban J connectivity index is 1.43. The molecule has 0 spiro atoms. The van der Waals surface area contributed by atoms with Gasteiger partial charge in [-0.15, -0.1) is 0 Å². The van der Waals surface area contributed by atoms with Gasteiger partial charge in [-0.2, -0.15) is 5.10 Å². The second-order valence-corrected chi connectivity index (χ2v) is 9.54. The summed E-state index contributed by atoms with van der Waals surface area (Å²) in [6.07, 6.45) is 11.0. The van der Waals surface area contributed by atoms with Gasteiger partial charge in [0, 0.05) is 49.2 Å². The lowest BCUT2D eigenvalue weighted by Gasteiger charge is -2.36. The summed E-state index contributed by atoms with van der Waals surface area (Å²) in [6, 6.07) is 0.317. The molecule has 2 fully saturated rings. The van der Waals surface area contributed by atoms with Crippen LogP contribution in [0.25, 0.3) is 0 Å². The Labute approximate surface area is 180 Å². The summed E-state index contributed by atoms with van der Waals surface area (Å²) >= 11 is 0. The molecule has 4 heterocycles. The minimum Gasteiger partial charge on any atom is -0.356 e. The molecule has 2 aromatic heterocycles. The van der Waals surface area contributed by atoms with Crippen molar-refractivity contribution in [2.75, 3.05) is 24.5 Å². The van der Waals surface area contributed by atoms with Crippen molar-refractivity contribution in [2.45, 2.75) is 84.8 Å². The van der Waals surface area contributed by atoms with Crippen LogP contribution in [0.1, 0.15) is 79.8 Å². The summed E-state index contributed by atoms with van der Waals surface area (Å²) in [4.78, 5) is 15.5. The second-order valence-electron chi connectivity index (χ2n) is 9.54. The molecular formula is C24H36N6. The van der Waals surface area contributed by atoms with Crippen LogP contribution < -0.4 is 4.90 Å². The average molecular weight is 409 g/mol. The van der Waals surface area contributed by atoms with E-state index in [-0.39, 0.29) is 0 Å². The first kappa shape index (κ1) is 20.0. The van der Waals surface area contributed by atoms with Crippen LogP contribution in [0.3, 0.4) is 0 Å². The predicted octanol–water partition coefficient (Wildman–Crippen LogP) is 4.20. The Morgan fingerprint density at radius 2 is 1.87 bits per heavy atom. The molecule has 6 heteroatoms. The minimum absolute atomic E-state index is 0.317. The van der Waals surface area contributed by atoms with Gasteiger partial charge in [-0.25, -0.2) is 9.97 Å². The molecule has 1 atom stereocenters. The third-order valence-corrected chi connectivity index (χ3v) is 7.20. The first-order valence-corrected chi connectivity index (χ1v) is 12.0. The Morgan fingerprint density at radius 1 is 1.00 bits per heavy atom. The van der Waals surface area contributed by atoms with Crippen LogP contribution in [0, 0.1) is 19.8 Å². The lowest BCUT2D eigenvalue weighted by molar-refractivity contribution is 0.133. The van der Waals surface area contributed by atoms with E-state index in [2.05, 4.69) is 46.5 Å². The van der Waals surface area contributed by atoms with Crippen molar-refractivity contribution in [3.63, 3.8) is 0 Å². The Hall–Kier alpha value is -1.95. The largest absolute Gasteiger partial charge is 0.356 e. The van der Waals surface area contributed by atoms with Crippen LogP contribution in [0.15, 0.2) is 6.20 Å². The van der Waals surface area contributed by atoms with Crippen molar-refractivity contribution in [3.05, 3.63) is 34.5 Å². The molecule has 0 bridgehead atoms. The predicted molar refractivity (Wildman–Crippen MR) is 120 cm³/mol. The van der Waals surface area contributed by atoms with Crippen LogP contribution in [-0.2, 0) is 19.5 Å². The van der Waals surface area contributed by atoms with Crippen molar-refractivity contribution in [1.29, 1.82) is 0 Å². The number of fused-ring (bicyclic) bond motifs is 1. The number of piperidine rings is 1. The van der Waals surface area contributed by atoms with Gasteiger partial charge < -0.3 is 4.90 Å². The number of nitrogens with zero attached hydrogens (tertiary/aromatic N) is 6. The summed E-state index contributed by atoms with van der Waals surface area (Å²) in [5.41, 5.74) is 5.09. The standard InChI is InChI=1S/C24H36N6/c1-4-30-16-20(17(2)27-30)15-28-12-6-5-9-22(28)23-25-18(3)21-8-7-13-29(24(21)26-23)14-19-10-11-19/h16,19,22H,4-15H2,1-3H3/t22-/m0/s1. The molecule has 3 aliphatic rings. The third-order valence-electron chi connectivity index (χ3n) is 7.20. The second kappa shape index (κ2) is 8.29. The maximum absolute atomic E-state index is 5.25. The van der Waals surface area contributed by atoms with Gasteiger partial charge in [-0.05, 0) is 71.8 Å². The Bertz CT molecular complexity index is 899. The van der Waals surface area contributed by atoms with Gasteiger partial charge in [0.1, 0.15) is 11.6 Å². The van der Waals surface area contributed by atoms with Crippen molar-refractivity contribution in [1.82, 2.24) is 24.6 Å². The van der Waals surface area contributed by atoms with Crippen LogP contribution in [0.4, 0.5) is 5.82 Å². The topological polar surface area (TPSA) is 50.1 Å². The fourth-order valence-corrected chi connectivity index (χ4v) is 5.22. The molecule has 0 radical (unpaired) electrons. The highest BCUT2D eigenvalue weighted by Gasteiger charge is 2.32. The quantitative estimate of drug-likeness (QED) is 0.717. The number of anilines is 1. The highest BCUT2D eigenvalue weighted by Crippen LogP contribution is 2.37. The lowest BCUT2D eigenvalue weighted by atomic mass is 9.99. The van der Waals surface area contributed by atoms with Gasteiger partial charge in [-0.3, -0.25) is 9.58 Å². The van der Waals surface area contributed by atoms with Crippen molar-refractivity contribution in [3.8, 4) is 0 Å². The minimum atomic E-state index is 0.317. The van der Waals surface area contributed by atoms with E-state index in [1.807, 2.05) is 0 Å². The highest BCUT2D eigenvalue weighted by molar-refractivity contribution is 5.51. The van der Waals surface area contributed by atoms with E-state index < -0.39 is 0 Å². The maximum atomic E-state index is 5.25. The normalized spacial score (nSPS) is 22.4. The molecule has 6 nitrogen and oxygen atoms in total. The highest BCUT2D eigenvalue weighted by atomic mass is 15.3. The monoisotopic (exact) mass is 408 g/mol. The van der Waals surface area contributed by atoms with Crippen molar-refractivity contribution in [2.24, 2.45) is 5.92 Å². The summed E-state index contributed by atoms with van der Waals surface area (Å²) < 4.78 is 2.05. The van der Waals surface area contributed by atoms with E-state index in [1.54, 1.807) is 0 Å². The van der Waals surface area contributed by atoms with Crippen LogP contribution in [0.2, 0.25) is 0 Å². The average Bonchev–Trinajstić information content (AvgIpc) is 3.50. The van der Waals surface area contributed by atoms with E-state index in [0.717, 1.165) is 56.5 Å². The van der Waals surface area contributed by atoms with E-state index in [0.29, 0.717) is 6.04 Å². The van der Waals surface area contributed by atoms with Gasteiger partial charge in [0.2, 0.25) is 0 Å². The molecule has 2 aromatic rings. The SMILES string of the molecule is CCn1cc(CN2CCCC[C@H]2c2nc(C)c3c(n2)N(CC2CC2)CCC3)c(C)n1. The van der Waals surface area contributed by atoms with E-state index in [9.17, 15) is 0 Å². The molecule has 2 aliphatic heterocycles. The molecule has 1 saturated carbocycles. The van der Waals surface area contributed by atoms with Crippen molar-refractivity contribution < 1.29 is 0 Å². The van der Waals surface area contributed by atoms with Crippen LogP contribution in [0.5, 0.6) is 0 Å². The molecule has 30 heavy (non-hydrogen) atoms. The van der Waals surface area contributed by atoms with Gasteiger partial charge in [0.05, 0.1) is 11.7 Å². The lowest BCUT2D eigenvalue weighted by Crippen LogP contribution is -2.36. The Morgan fingerprint density at radius 3 is 2.63 bits per heavy atom. The summed E-state index contributed by atoms with van der Waals surface area (Å²) in [7, 11) is 0. The molecule has 0 N–H and O–H groups in total. The number of aromatic nitrogens is 4. The first-order chi connectivity index (χ1) is 14.6. The zero-order valence-electron chi connectivity index (χ0n) is 18.9. The van der Waals surface area contributed by atoms with Crippen molar-refractivity contribution >= 4 is 5.82 Å². The molecule has 1 saturated heterocycles. The van der Waals surface area contributed by atoms with Gasteiger partial charge in [0.25, 0.3) is 0 Å². The zero-order chi connectivity index (χ0) is 20.7. The van der Waals surface area contributed by atoms with E-state index >= 15 is 0 Å². The first-order valence-electron chi connectivity index (χ1n) is 12.0. The summed E-state index contributed by atoms with van der Waals surface area (Å²) in [6.45, 7) is 11.8. The fourth-order valence-electron chi connectivity index (χ4n) is 5.22. The number of hydrogen-bond donors (Lipinski definition) is 0. The number of hydrogen-bond acceptors (Lipinski definition) is 5. The van der Waals surface area contributed by atoms with Gasteiger partial charge in [-0.1, -0.05) is 6.42 Å². The van der Waals surface area contributed by atoms with E-state index in [4.69, 9.17) is 9.97 Å². The molecule has 0 unspecified atom stereocenters. The van der Waals surface area contributed by atoms with Crippen LogP contribution in [-0.4, -0.2) is 44.3 Å². The van der Waals surface area contributed by atoms with E-state index in [1.165, 1.54) is 61.3 Å². The maximum Gasteiger partial charge on any atom is 0.148 e. The zero-order valence-corrected chi connectivity index (χ0v) is 18.9. The third kappa shape index (κ3) is 3.98. The van der Waals surface area contributed by atoms with Gasteiger partial charge in [0.15, 0.2) is 0 Å². The smallest absolute Gasteiger partial charge is 0.148 e. The molecular weight excluding hydrogens is 372 g/mol. The Kier molecular flexibility index (Phi) is 5.52. The molecule has 0 amide bonds. The molecule has 162 valence electrons. The van der Waals surface area contributed by atoms with Gasteiger partial charge >= 0.3 is 0 Å². The summed E-state index contributed by atoms with van der Waals surface area (Å²) in [5.74, 6) is 3.18. The molecule has 0 aromatic carbocycles. The van der Waals surface area contributed by atoms with Crippen LogP contribution >= 0.6 is 0 Å². The number of likely N-dealkylation sites (tertiary alicyclic amines) is 1. The fraction of sp³-hybridized carbons (Fsp3) is 0.708. The molecule has 5 rings (SSSR count). The summed E-state index contributed by atoms with van der Waals surface area (Å²) in [5, 5.41) is 4.66.